The molecule has 0 amide bonds. The summed E-state index contributed by atoms with van der Waals surface area (Å²) in [6, 6.07) is 0. The standard InChI is InChI=1S/C30H62/c1-5-7-9-11-12-13-14-15-16-17-18-22-26-30(4)28-24-20-19-23-27-29(3)25-21-10-8-6-2/h29-30H,5-28H2,1-4H3. The molecule has 2 atom stereocenters. The maximum absolute atomic E-state index is 2.50. The molecule has 2 unspecified atom stereocenters. The van der Waals surface area contributed by atoms with Crippen molar-refractivity contribution >= 4 is 0 Å². The third kappa shape index (κ3) is 24.3. The minimum Gasteiger partial charge on any atom is -0.0654 e. The fourth-order valence-corrected chi connectivity index (χ4v) is 4.88. The van der Waals surface area contributed by atoms with Crippen LogP contribution in [-0.4, -0.2) is 0 Å². The van der Waals surface area contributed by atoms with Crippen LogP contribution >= 0.6 is 0 Å². The van der Waals surface area contributed by atoms with Crippen LogP contribution in [0.4, 0.5) is 0 Å². The van der Waals surface area contributed by atoms with E-state index in [4.69, 9.17) is 0 Å². The normalized spacial score (nSPS) is 13.6. The van der Waals surface area contributed by atoms with Crippen LogP contribution in [-0.2, 0) is 0 Å². The summed E-state index contributed by atoms with van der Waals surface area (Å²) in [7, 11) is 0. The molecule has 182 valence electrons. The van der Waals surface area contributed by atoms with Crippen LogP contribution in [0, 0.1) is 11.8 Å². The third-order valence-corrected chi connectivity index (χ3v) is 7.24. The van der Waals surface area contributed by atoms with E-state index in [0.29, 0.717) is 0 Å². The van der Waals surface area contributed by atoms with E-state index in [2.05, 4.69) is 27.7 Å². The highest BCUT2D eigenvalue weighted by Gasteiger charge is 2.04. The topological polar surface area (TPSA) is 0 Å². The van der Waals surface area contributed by atoms with E-state index >= 15 is 0 Å². The van der Waals surface area contributed by atoms with Crippen LogP contribution in [0.1, 0.15) is 182 Å². The predicted molar refractivity (Wildman–Crippen MR) is 140 cm³/mol. The van der Waals surface area contributed by atoms with E-state index in [1.165, 1.54) is 154 Å². The van der Waals surface area contributed by atoms with Crippen molar-refractivity contribution in [2.45, 2.75) is 182 Å². The van der Waals surface area contributed by atoms with E-state index in [-0.39, 0.29) is 0 Å². The first-order valence-corrected chi connectivity index (χ1v) is 14.7. The summed E-state index contributed by atoms with van der Waals surface area (Å²) >= 11 is 0. The van der Waals surface area contributed by atoms with E-state index in [1.807, 2.05) is 0 Å². The molecule has 0 radical (unpaired) electrons. The monoisotopic (exact) mass is 422 g/mol. The van der Waals surface area contributed by atoms with Crippen molar-refractivity contribution < 1.29 is 0 Å². The van der Waals surface area contributed by atoms with Crippen molar-refractivity contribution in [3.05, 3.63) is 0 Å². The smallest absolute Gasteiger partial charge is 0.0443 e. The molecule has 30 heavy (non-hydrogen) atoms. The van der Waals surface area contributed by atoms with Gasteiger partial charge in [0.25, 0.3) is 0 Å². The first-order chi connectivity index (χ1) is 14.7. The summed E-state index contributed by atoms with van der Waals surface area (Å²) in [5.41, 5.74) is 0. The lowest BCUT2D eigenvalue weighted by Gasteiger charge is -2.12. The summed E-state index contributed by atoms with van der Waals surface area (Å²) in [5.74, 6) is 1.93. The molecule has 0 heterocycles. The lowest BCUT2D eigenvalue weighted by Crippen LogP contribution is -1.97. The molecule has 0 aliphatic rings. The summed E-state index contributed by atoms with van der Waals surface area (Å²) in [4.78, 5) is 0. The largest absolute Gasteiger partial charge is 0.0654 e. The molecule has 0 saturated carbocycles. The summed E-state index contributed by atoms with van der Waals surface area (Å²) in [6.07, 6.45) is 35.2. The Morgan fingerprint density at radius 2 is 0.500 bits per heavy atom. The van der Waals surface area contributed by atoms with Crippen LogP contribution < -0.4 is 0 Å². The molecule has 0 rings (SSSR count). The van der Waals surface area contributed by atoms with E-state index in [9.17, 15) is 0 Å². The van der Waals surface area contributed by atoms with Crippen molar-refractivity contribution in [1.29, 1.82) is 0 Å². The highest BCUT2D eigenvalue weighted by atomic mass is 14.1. The molecule has 0 fully saturated rings. The van der Waals surface area contributed by atoms with Crippen LogP contribution in [0.5, 0.6) is 0 Å². The Morgan fingerprint density at radius 3 is 0.767 bits per heavy atom. The molecular weight excluding hydrogens is 360 g/mol. The predicted octanol–water partition coefficient (Wildman–Crippen LogP) is 11.7. The highest BCUT2D eigenvalue weighted by Crippen LogP contribution is 2.21. The minimum absolute atomic E-state index is 0.964. The van der Waals surface area contributed by atoms with Gasteiger partial charge in [0.05, 0.1) is 0 Å². The zero-order valence-corrected chi connectivity index (χ0v) is 22.1. The molecule has 0 aromatic carbocycles. The second-order valence-corrected chi connectivity index (χ2v) is 10.7. The Kier molecular flexibility index (Phi) is 25.3. The number of hydrogen-bond acceptors (Lipinski definition) is 0. The highest BCUT2D eigenvalue weighted by molar-refractivity contribution is 4.58. The van der Waals surface area contributed by atoms with Gasteiger partial charge in [0, 0.05) is 0 Å². The molecule has 0 aromatic heterocycles. The molecule has 0 nitrogen and oxygen atoms in total. The fraction of sp³-hybridized carbons (Fsp3) is 1.00. The van der Waals surface area contributed by atoms with Gasteiger partial charge < -0.3 is 0 Å². The van der Waals surface area contributed by atoms with Gasteiger partial charge in [-0.25, -0.2) is 0 Å². The van der Waals surface area contributed by atoms with Crippen molar-refractivity contribution in [2.75, 3.05) is 0 Å². The molecule has 0 aromatic rings. The van der Waals surface area contributed by atoms with Gasteiger partial charge in [0.15, 0.2) is 0 Å². The molecule has 0 N–H and O–H groups in total. The van der Waals surface area contributed by atoms with Gasteiger partial charge >= 0.3 is 0 Å². The third-order valence-electron chi connectivity index (χ3n) is 7.24. The summed E-state index contributed by atoms with van der Waals surface area (Å²) in [5, 5.41) is 0. The van der Waals surface area contributed by atoms with Crippen molar-refractivity contribution in [3.8, 4) is 0 Å². The van der Waals surface area contributed by atoms with E-state index in [1.54, 1.807) is 0 Å². The maximum Gasteiger partial charge on any atom is -0.0443 e. The molecule has 0 heteroatoms. The van der Waals surface area contributed by atoms with Gasteiger partial charge in [0.2, 0.25) is 0 Å². The quantitative estimate of drug-likeness (QED) is 0.128. The summed E-state index contributed by atoms with van der Waals surface area (Å²) in [6.45, 7) is 9.59. The lowest BCUT2D eigenvalue weighted by molar-refractivity contribution is 0.413. The van der Waals surface area contributed by atoms with Crippen molar-refractivity contribution in [3.63, 3.8) is 0 Å². The maximum atomic E-state index is 2.50. The molecule has 0 aliphatic heterocycles. The second kappa shape index (κ2) is 25.3. The molecular formula is C30H62. The zero-order valence-electron chi connectivity index (χ0n) is 22.1. The van der Waals surface area contributed by atoms with Crippen LogP contribution in [0.25, 0.3) is 0 Å². The Hall–Kier alpha value is 0. The van der Waals surface area contributed by atoms with Crippen molar-refractivity contribution in [2.24, 2.45) is 11.8 Å². The Balaban J connectivity index is 3.22. The minimum atomic E-state index is 0.964. The Labute approximate surface area is 193 Å². The fourth-order valence-electron chi connectivity index (χ4n) is 4.88. The van der Waals surface area contributed by atoms with Gasteiger partial charge in [0.1, 0.15) is 0 Å². The van der Waals surface area contributed by atoms with Gasteiger partial charge in [-0.3, -0.25) is 0 Å². The average Bonchev–Trinajstić information content (AvgIpc) is 2.74. The number of rotatable bonds is 25. The molecule has 0 bridgehead atoms. The van der Waals surface area contributed by atoms with E-state index in [0.717, 1.165) is 11.8 Å². The van der Waals surface area contributed by atoms with Crippen molar-refractivity contribution in [1.82, 2.24) is 0 Å². The SMILES string of the molecule is CCCCCCCCCCCCCCC(C)CCCCCCC(C)CCCCCC. The second-order valence-electron chi connectivity index (χ2n) is 10.7. The van der Waals surface area contributed by atoms with Gasteiger partial charge in [-0.1, -0.05) is 182 Å². The zero-order chi connectivity index (χ0) is 22.1. The van der Waals surface area contributed by atoms with Crippen LogP contribution in [0.3, 0.4) is 0 Å². The van der Waals surface area contributed by atoms with E-state index < -0.39 is 0 Å². The van der Waals surface area contributed by atoms with Crippen LogP contribution in [0.15, 0.2) is 0 Å². The van der Waals surface area contributed by atoms with Gasteiger partial charge in [-0.05, 0) is 11.8 Å². The number of unbranched alkanes of at least 4 members (excludes halogenated alkanes) is 17. The first-order valence-electron chi connectivity index (χ1n) is 14.7. The lowest BCUT2D eigenvalue weighted by atomic mass is 9.94. The molecule has 0 saturated heterocycles. The van der Waals surface area contributed by atoms with Gasteiger partial charge in [-0.15, -0.1) is 0 Å². The molecule has 0 spiro atoms. The van der Waals surface area contributed by atoms with Gasteiger partial charge in [-0.2, -0.15) is 0 Å². The summed E-state index contributed by atoms with van der Waals surface area (Å²) < 4.78 is 0. The number of hydrogen-bond donors (Lipinski definition) is 0. The Bertz CT molecular complexity index is 294. The average molecular weight is 423 g/mol. The molecule has 0 aliphatic carbocycles. The van der Waals surface area contributed by atoms with Crippen LogP contribution in [0.2, 0.25) is 0 Å². The Morgan fingerprint density at radius 1 is 0.300 bits per heavy atom. The first kappa shape index (κ1) is 30.0.